The van der Waals surface area contributed by atoms with Crippen LogP contribution in [0.5, 0.6) is 5.75 Å². The monoisotopic (exact) mass is 365 g/mol. The van der Waals surface area contributed by atoms with E-state index in [0.717, 1.165) is 19.2 Å². The van der Waals surface area contributed by atoms with E-state index in [-0.39, 0.29) is 40.7 Å². The van der Waals surface area contributed by atoms with Gasteiger partial charge in [0.1, 0.15) is 10.6 Å². The summed E-state index contributed by atoms with van der Waals surface area (Å²) in [6.45, 7) is 3.40. The van der Waals surface area contributed by atoms with Gasteiger partial charge in [0, 0.05) is 18.2 Å². The zero-order valence-corrected chi connectivity index (χ0v) is 14.4. The van der Waals surface area contributed by atoms with E-state index in [9.17, 15) is 18.5 Å². The number of benzene rings is 1. The largest absolute Gasteiger partial charge is 0.495 e. The molecule has 130 valence electrons. The van der Waals surface area contributed by atoms with Crippen molar-refractivity contribution in [3.8, 4) is 5.75 Å². The average molecular weight is 366 g/mol. The number of rotatable bonds is 5. The Morgan fingerprint density at radius 2 is 2.13 bits per heavy atom. The molecule has 0 spiro atoms. The number of piperidine rings is 1. The normalized spacial score (nSPS) is 21.3. The van der Waals surface area contributed by atoms with Gasteiger partial charge in [0.15, 0.2) is 0 Å². The van der Waals surface area contributed by atoms with Gasteiger partial charge < -0.3 is 10.1 Å². The lowest BCUT2D eigenvalue weighted by atomic mass is 9.97. The highest BCUT2D eigenvalue weighted by Gasteiger charge is 2.29. The van der Waals surface area contributed by atoms with Crippen LogP contribution in [0.15, 0.2) is 23.1 Å². The van der Waals surface area contributed by atoms with Gasteiger partial charge in [0.25, 0.3) is 5.69 Å². The van der Waals surface area contributed by atoms with Crippen LogP contribution in [0.1, 0.15) is 13.3 Å². The maximum atomic E-state index is 12.6. The molecule has 2 atom stereocenters. The van der Waals surface area contributed by atoms with Gasteiger partial charge >= 0.3 is 0 Å². The second-order valence-corrected chi connectivity index (χ2v) is 6.97. The fraction of sp³-hybridized carbons (Fsp3) is 0.538. The van der Waals surface area contributed by atoms with Crippen molar-refractivity contribution in [2.24, 2.45) is 5.92 Å². The number of nitro benzene ring substituents is 1. The van der Waals surface area contributed by atoms with Crippen molar-refractivity contribution >= 4 is 28.1 Å². The number of sulfonamides is 1. The first kappa shape index (κ1) is 19.6. The summed E-state index contributed by atoms with van der Waals surface area (Å²) in [6.07, 6.45) is 0.664. The third-order valence-corrected chi connectivity index (χ3v) is 5.25. The van der Waals surface area contributed by atoms with Crippen LogP contribution >= 0.6 is 12.4 Å². The Kier molecular flexibility index (Phi) is 6.75. The summed E-state index contributed by atoms with van der Waals surface area (Å²) in [4.78, 5) is 10.0. The molecule has 8 nitrogen and oxygen atoms in total. The predicted octanol–water partition coefficient (Wildman–Crippen LogP) is 1.30. The molecule has 1 aromatic rings. The molecule has 10 heteroatoms. The highest BCUT2D eigenvalue weighted by atomic mass is 35.5. The summed E-state index contributed by atoms with van der Waals surface area (Å²) in [7, 11) is -2.57. The molecule has 1 heterocycles. The minimum Gasteiger partial charge on any atom is -0.495 e. The fourth-order valence-corrected chi connectivity index (χ4v) is 4.01. The molecule has 1 fully saturated rings. The Bertz CT molecular complexity index is 668. The van der Waals surface area contributed by atoms with Crippen molar-refractivity contribution in [2.45, 2.75) is 24.3 Å². The van der Waals surface area contributed by atoms with Gasteiger partial charge in [-0.3, -0.25) is 10.1 Å². The number of hydrogen-bond acceptors (Lipinski definition) is 6. The van der Waals surface area contributed by atoms with Gasteiger partial charge in [-0.1, -0.05) is 6.92 Å². The molecular weight excluding hydrogens is 346 g/mol. The molecular formula is C13H20ClN3O5S. The SMILES string of the molecule is COc1ccc([N+](=O)[O-])cc1S(=O)(=O)NC1CCNCC1C.Cl. The standard InChI is InChI=1S/C13H19N3O5S.ClH/c1-9-8-14-6-5-11(9)15-22(19,20)13-7-10(16(17)18)3-4-12(13)21-2;/h3-4,7,9,11,14-15H,5-6,8H2,1-2H3;1H. The zero-order valence-electron chi connectivity index (χ0n) is 12.8. The summed E-state index contributed by atoms with van der Waals surface area (Å²) in [5.74, 6) is 0.216. The molecule has 1 aliphatic heterocycles. The molecule has 0 saturated carbocycles. The van der Waals surface area contributed by atoms with Crippen LogP contribution in [0.2, 0.25) is 0 Å². The zero-order chi connectivity index (χ0) is 16.3. The van der Waals surface area contributed by atoms with E-state index in [1.54, 1.807) is 0 Å². The Labute approximate surface area is 141 Å². The third kappa shape index (κ3) is 4.54. The lowest BCUT2D eigenvalue weighted by molar-refractivity contribution is -0.385. The number of nitro groups is 1. The van der Waals surface area contributed by atoms with E-state index in [1.807, 2.05) is 6.92 Å². The summed E-state index contributed by atoms with van der Waals surface area (Å²) >= 11 is 0. The van der Waals surface area contributed by atoms with Crippen molar-refractivity contribution in [3.63, 3.8) is 0 Å². The molecule has 1 aliphatic rings. The van der Waals surface area contributed by atoms with Crippen molar-refractivity contribution in [1.29, 1.82) is 0 Å². The molecule has 0 radical (unpaired) electrons. The highest BCUT2D eigenvalue weighted by molar-refractivity contribution is 7.89. The van der Waals surface area contributed by atoms with Crippen molar-refractivity contribution in [3.05, 3.63) is 28.3 Å². The summed E-state index contributed by atoms with van der Waals surface area (Å²) in [6, 6.07) is 3.31. The third-order valence-electron chi connectivity index (χ3n) is 3.74. The van der Waals surface area contributed by atoms with E-state index in [4.69, 9.17) is 4.74 Å². The van der Waals surface area contributed by atoms with Gasteiger partial charge in [-0.05, 0) is 31.5 Å². The van der Waals surface area contributed by atoms with Crippen LogP contribution in [0.4, 0.5) is 5.69 Å². The van der Waals surface area contributed by atoms with Crippen LogP contribution < -0.4 is 14.8 Å². The number of halogens is 1. The number of non-ortho nitro benzene ring substituents is 1. The van der Waals surface area contributed by atoms with Crippen molar-refractivity contribution in [1.82, 2.24) is 10.0 Å². The average Bonchev–Trinajstić information content (AvgIpc) is 2.48. The molecule has 1 saturated heterocycles. The second kappa shape index (κ2) is 7.91. The molecule has 23 heavy (non-hydrogen) atoms. The number of ether oxygens (including phenoxy) is 1. The lowest BCUT2D eigenvalue weighted by Gasteiger charge is -2.30. The second-order valence-electron chi connectivity index (χ2n) is 5.29. The molecule has 0 bridgehead atoms. The number of nitrogens with zero attached hydrogens (tertiary/aromatic N) is 1. The smallest absolute Gasteiger partial charge is 0.271 e. The molecule has 2 rings (SSSR count). The number of nitrogens with one attached hydrogen (secondary N) is 2. The van der Waals surface area contributed by atoms with Gasteiger partial charge in [0.05, 0.1) is 12.0 Å². The first-order valence-electron chi connectivity index (χ1n) is 6.90. The van der Waals surface area contributed by atoms with E-state index in [2.05, 4.69) is 10.0 Å². The molecule has 1 aromatic carbocycles. The molecule has 0 aliphatic carbocycles. The maximum absolute atomic E-state index is 12.6. The van der Waals surface area contributed by atoms with Gasteiger partial charge in [-0.15, -0.1) is 12.4 Å². The number of methoxy groups -OCH3 is 1. The van der Waals surface area contributed by atoms with Crippen LogP contribution in [-0.2, 0) is 10.0 Å². The highest BCUT2D eigenvalue weighted by Crippen LogP contribution is 2.28. The van der Waals surface area contributed by atoms with E-state index < -0.39 is 14.9 Å². The van der Waals surface area contributed by atoms with Crippen molar-refractivity contribution < 1.29 is 18.1 Å². The first-order chi connectivity index (χ1) is 10.3. The topological polar surface area (TPSA) is 111 Å². The van der Waals surface area contributed by atoms with Gasteiger partial charge in [-0.2, -0.15) is 0 Å². The minimum atomic E-state index is -3.90. The Balaban J connectivity index is 0.00000264. The molecule has 2 unspecified atom stereocenters. The van der Waals surface area contributed by atoms with E-state index in [0.29, 0.717) is 6.42 Å². The Morgan fingerprint density at radius 3 is 2.70 bits per heavy atom. The lowest BCUT2D eigenvalue weighted by Crippen LogP contribution is -2.48. The fourth-order valence-electron chi connectivity index (χ4n) is 2.44. The van der Waals surface area contributed by atoms with Crippen LogP contribution in [0.3, 0.4) is 0 Å². The Morgan fingerprint density at radius 1 is 1.43 bits per heavy atom. The van der Waals surface area contributed by atoms with Crippen molar-refractivity contribution in [2.75, 3.05) is 20.2 Å². The molecule has 2 N–H and O–H groups in total. The van der Waals surface area contributed by atoms with Crippen LogP contribution in [-0.4, -0.2) is 39.6 Å². The number of hydrogen-bond donors (Lipinski definition) is 2. The van der Waals surface area contributed by atoms with E-state index >= 15 is 0 Å². The molecule has 0 amide bonds. The summed E-state index contributed by atoms with van der Waals surface area (Å²) < 4.78 is 32.8. The summed E-state index contributed by atoms with van der Waals surface area (Å²) in [5, 5.41) is 14.1. The Hall–Kier alpha value is -1.42. The van der Waals surface area contributed by atoms with Crippen LogP contribution in [0.25, 0.3) is 0 Å². The first-order valence-corrected chi connectivity index (χ1v) is 8.39. The maximum Gasteiger partial charge on any atom is 0.271 e. The van der Waals surface area contributed by atoms with Gasteiger partial charge in [0.2, 0.25) is 10.0 Å². The minimum absolute atomic E-state index is 0. The molecule has 0 aromatic heterocycles. The van der Waals surface area contributed by atoms with Crippen LogP contribution in [0, 0.1) is 16.0 Å². The van der Waals surface area contributed by atoms with Gasteiger partial charge in [-0.25, -0.2) is 13.1 Å². The predicted molar refractivity (Wildman–Crippen MR) is 87.7 cm³/mol. The van der Waals surface area contributed by atoms with E-state index in [1.165, 1.54) is 19.2 Å². The summed E-state index contributed by atoms with van der Waals surface area (Å²) in [5.41, 5.74) is -0.292. The quantitative estimate of drug-likeness (QED) is 0.601.